The van der Waals surface area contributed by atoms with Crippen LogP contribution in [0.5, 0.6) is 0 Å². The summed E-state index contributed by atoms with van der Waals surface area (Å²) in [5, 5.41) is 19.9. The first-order chi connectivity index (χ1) is 9.90. The highest BCUT2D eigenvalue weighted by atomic mass is 32.1. The zero-order valence-electron chi connectivity index (χ0n) is 11.3. The number of carboxylic acid groups (broad SMARTS) is 1. The first-order valence-corrected chi connectivity index (χ1v) is 6.76. The average molecular weight is 308 g/mol. The average Bonchev–Trinajstić information content (AvgIpc) is 2.83. The molecule has 2 heterocycles. The molecule has 1 N–H and O–H groups in total. The maximum Gasteiger partial charge on any atom is 0.342 e. The van der Waals surface area contributed by atoms with Crippen molar-refractivity contribution in [2.45, 2.75) is 13.5 Å². The molecule has 2 aromatic heterocycles. The number of hydrogen-bond donors (Lipinski definition) is 1. The lowest BCUT2D eigenvalue weighted by Crippen LogP contribution is -2.18. The molecular weight excluding hydrogens is 296 g/mol. The van der Waals surface area contributed by atoms with Gasteiger partial charge in [-0.05, 0) is 6.92 Å². The molecule has 0 saturated carbocycles. The summed E-state index contributed by atoms with van der Waals surface area (Å²) in [6, 6.07) is 1.21. The number of carbonyl (C=O) groups is 1. The Morgan fingerprint density at radius 2 is 2.24 bits per heavy atom. The Morgan fingerprint density at radius 1 is 1.52 bits per heavy atom. The molecule has 0 aliphatic heterocycles. The van der Waals surface area contributed by atoms with Crippen LogP contribution in [0.15, 0.2) is 17.8 Å². The number of rotatable bonds is 5. The molecule has 0 radical (unpaired) electrons. The number of aromatic nitrogens is 2. The molecule has 0 aliphatic carbocycles. The van der Waals surface area contributed by atoms with Crippen molar-refractivity contribution in [3.05, 3.63) is 44.0 Å². The molecule has 9 heteroatoms. The molecule has 21 heavy (non-hydrogen) atoms. The van der Waals surface area contributed by atoms with Crippen LogP contribution in [0.2, 0.25) is 0 Å². The van der Waals surface area contributed by atoms with Crippen molar-refractivity contribution in [3.63, 3.8) is 0 Å². The lowest BCUT2D eigenvalue weighted by Gasteiger charge is -2.17. The first-order valence-electron chi connectivity index (χ1n) is 5.88. The van der Waals surface area contributed by atoms with Gasteiger partial charge in [-0.3, -0.25) is 10.1 Å². The molecule has 0 unspecified atom stereocenters. The summed E-state index contributed by atoms with van der Waals surface area (Å²) >= 11 is 1.49. The predicted molar refractivity (Wildman–Crippen MR) is 76.8 cm³/mol. The second-order valence-electron chi connectivity index (χ2n) is 4.34. The lowest BCUT2D eigenvalue weighted by atomic mass is 10.2. The number of pyridine rings is 1. The van der Waals surface area contributed by atoms with Crippen molar-refractivity contribution < 1.29 is 14.8 Å². The van der Waals surface area contributed by atoms with Crippen molar-refractivity contribution in [1.82, 2.24) is 9.97 Å². The summed E-state index contributed by atoms with van der Waals surface area (Å²) in [5.74, 6) is -1.00. The SMILES string of the molecule is Cc1ncsc1CN(C)c1cc(C(=O)O)c([N+](=O)[O-])cn1. The van der Waals surface area contributed by atoms with Crippen molar-refractivity contribution in [1.29, 1.82) is 0 Å². The van der Waals surface area contributed by atoms with Crippen LogP contribution in [-0.4, -0.2) is 33.0 Å². The van der Waals surface area contributed by atoms with Crippen LogP contribution in [0.25, 0.3) is 0 Å². The zero-order valence-corrected chi connectivity index (χ0v) is 12.1. The second kappa shape index (κ2) is 5.83. The van der Waals surface area contributed by atoms with Gasteiger partial charge in [-0.25, -0.2) is 14.8 Å². The molecular formula is C12H12N4O4S. The van der Waals surface area contributed by atoms with E-state index in [2.05, 4.69) is 9.97 Å². The van der Waals surface area contributed by atoms with Gasteiger partial charge in [0.2, 0.25) is 0 Å². The van der Waals surface area contributed by atoms with Crippen LogP contribution in [0.1, 0.15) is 20.9 Å². The summed E-state index contributed by atoms with van der Waals surface area (Å²) in [5.41, 5.74) is 1.73. The van der Waals surface area contributed by atoms with E-state index < -0.39 is 16.6 Å². The Balaban J connectivity index is 2.32. The molecule has 0 aromatic carbocycles. The maximum absolute atomic E-state index is 11.1. The second-order valence-corrected chi connectivity index (χ2v) is 5.28. The van der Waals surface area contributed by atoms with E-state index in [1.807, 2.05) is 6.92 Å². The fourth-order valence-electron chi connectivity index (χ4n) is 1.74. The van der Waals surface area contributed by atoms with Crippen molar-refractivity contribution in [3.8, 4) is 0 Å². The third kappa shape index (κ3) is 3.14. The normalized spacial score (nSPS) is 10.4. The van der Waals surface area contributed by atoms with Gasteiger partial charge in [-0.1, -0.05) is 0 Å². The van der Waals surface area contributed by atoms with Crippen LogP contribution in [0, 0.1) is 17.0 Å². The molecule has 0 fully saturated rings. The van der Waals surface area contributed by atoms with Crippen molar-refractivity contribution in [2.24, 2.45) is 0 Å². The van der Waals surface area contributed by atoms with E-state index in [0.29, 0.717) is 12.4 Å². The fraction of sp³-hybridized carbons (Fsp3) is 0.250. The van der Waals surface area contributed by atoms with Crippen molar-refractivity contribution >= 4 is 28.8 Å². The van der Waals surface area contributed by atoms with Gasteiger partial charge in [0.05, 0.1) is 22.7 Å². The van der Waals surface area contributed by atoms with Crippen LogP contribution >= 0.6 is 11.3 Å². The molecule has 2 rings (SSSR count). The highest BCUT2D eigenvalue weighted by molar-refractivity contribution is 7.09. The van der Waals surface area contributed by atoms with Gasteiger partial charge in [0.1, 0.15) is 17.6 Å². The molecule has 0 saturated heterocycles. The minimum Gasteiger partial charge on any atom is -0.477 e. The lowest BCUT2D eigenvalue weighted by molar-refractivity contribution is -0.385. The number of carboxylic acids is 1. The Kier molecular flexibility index (Phi) is 4.13. The molecule has 8 nitrogen and oxygen atoms in total. The molecule has 0 bridgehead atoms. The highest BCUT2D eigenvalue weighted by Crippen LogP contribution is 2.24. The number of aromatic carboxylic acids is 1. The predicted octanol–water partition coefficient (Wildman–Crippen LogP) is 2.09. The van der Waals surface area contributed by atoms with Gasteiger partial charge in [0.15, 0.2) is 0 Å². The van der Waals surface area contributed by atoms with E-state index in [-0.39, 0.29) is 5.56 Å². The van der Waals surface area contributed by atoms with Crippen LogP contribution in [0.3, 0.4) is 0 Å². The van der Waals surface area contributed by atoms with Gasteiger partial charge in [0.25, 0.3) is 0 Å². The topological polar surface area (TPSA) is 109 Å². The van der Waals surface area contributed by atoms with Gasteiger partial charge < -0.3 is 10.0 Å². The Hall–Kier alpha value is -2.55. The number of nitrogens with zero attached hydrogens (tertiary/aromatic N) is 4. The maximum atomic E-state index is 11.1. The third-order valence-corrected chi connectivity index (χ3v) is 3.83. The molecule has 110 valence electrons. The Bertz CT molecular complexity index is 700. The molecule has 0 amide bonds. The minimum absolute atomic E-state index is 0.353. The summed E-state index contributed by atoms with van der Waals surface area (Å²) in [4.78, 5) is 32.0. The summed E-state index contributed by atoms with van der Waals surface area (Å²) in [7, 11) is 1.74. The van der Waals surface area contributed by atoms with E-state index in [1.54, 1.807) is 17.5 Å². The first kappa shape index (κ1) is 14.9. The molecule has 0 atom stereocenters. The third-order valence-electron chi connectivity index (χ3n) is 2.91. The number of anilines is 1. The quantitative estimate of drug-likeness (QED) is 0.665. The van der Waals surface area contributed by atoms with Crippen LogP contribution in [-0.2, 0) is 6.54 Å². The van der Waals surface area contributed by atoms with E-state index in [1.165, 1.54) is 17.4 Å². The van der Waals surface area contributed by atoms with E-state index in [0.717, 1.165) is 16.8 Å². The van der Waals surface area contributed by atoms with Crippen LogP contribution < -0.4 is 4.90 Å². The van der Waals surface area contributed by atoms with Gasteiger partial charge in [0, 0.05) is 18.0 Å². The molecule has 0 aliphatic rings. The fourth-order valence-corrected chi connectivity index (χ4v) is 2.57. The minimum atomic E-state index is -1.35. The number of nitro groups is 1. The Labute approximate surface area is 123 Å². The number of hydrogen-bond acceptors (Lipinski definition) is 7. The zero-order chi connectivity index (χ0) is 15.6. The largest absolute Gasteiger partial charge is 0.477 e. The number of aryl methyl sites for hydroxylation is 1. The van der Waals surface area contributed by atoms with E-state index in [9.17, 15) is 14.9 Å². The van der Waals surface area contributed by atoms with Crippen LogP contribution in [0.4, 0.5) is 11.5 Å². The van der Waals surface area contributed by atoms with E-state index >= 15 is 0 Å². The summed E-state index contributed by atoms with van der Waals surface area (Å²) < 4.78 is 0. The van der Waals surface area contributed by atoms with Crippen molar-refractivity contribution in [2.75, 3.05) is 11.9 Å². The smallest absolute Gasteiger partial charge is 0.342 e. The number of thiazole rings is 1. The highest BCUT2D eigenvalue weighted by Gasteiger charge is 2.22. The molecule has 2 aromatic rings. The van der Waals surface area contributed by atoms with Gasteiger partial charge >= 0.3 is 11.7 Å². The van der Waals surface area contributed by atoms with Gasteiger partial charge in [-0.2, -0.15) is 0 Å². The van der Waals surface area contributed by atoms with E-state index in [4.69, 9.17) is 5.11 Å². The van der Waals surface area contributed by atoms with Gasteiger partial charge in [-0.15, -0.1) is 11.3 Å². The summed E-state index contributed by atoms with van der Waals surface area (Å²) in [6.07, 6.45) is 0.967. The Morgan fingerprint density at radius 3 is 2.76 bits per heavy atom. The summed E-state index contributed by atoms with van der Waals surface area (Å²) in [6.45, 7) is 2.38. The monoisotopic (exact) mass is 308 g/mol. The molecule has 0 spiro atoms. The standard InChI is InChI=1S/C12H12N4O4S/c1-7-10(21-6-14-7)5-15(2)11-3-8(12(17)18)9(4-13-11)16(19)20/h3-4,6H,5H2,1-2H3,(H,17,18).